The number of nitrogens with zero attached hydrogens (tertiary/aromatic N) is 7. The number of imidazole rings is 1. The van der Waals surface area contributed by atoms with E-state index >= 15 is 0 Å². The van der Waals surface area contributed by atoms with Gasteiger partial charge in [-0.3, -0.25) is 15.0 Å². The molecule has 164 valence electrons. The standard InChI is InChI=1S/C25H24N8/c1-16(2)33-15-30-22-24(31-23(32-25(22)33)20-5-4-10-26-11-20)29-14-21-9-8-19(13-28-21)18-7-6-17(3)27-12-18/h4-13,15-16H,14H2,1-3H3,(H,29,31,32). The third-order valence-electron chi connectivity index (χ3n) is 5.40. The van der Waals surface area contributed by atoms with Crippen LogP contribution in [0.15, 0.2) is 67.5 Å². The highest BCUT2D eigenvalue weighted by Crippen LogP contribution is 2.26. The number of aromatic nitrogens is 7. The molecule has 0 aliphatic carbocycles. The first kappa shape index (κ1) is 20.7. The summed E-state index contributed by atoms with van der Waals surface area (Å²) in [6.45, 7) is 6.70. The lowest BCUT2D eigenvalue weighted by molar-refractivity contribution is 0.613. The van der Waals surface area contributed by atoms with E-state index in [0.717, 1.165) is 39.2 Å². The van der Waals surface area contributed by atoms with E-state index in [1.807, 2.05) is 54.5 Å². The van der Waals surface area contributed by atoms with Crippen LogP contribution in [0.1, 0.15) is 31.3 Å². The third-order valence-corrected chi connectivity index (χ3v) is 5.40. The number of nitrogens with one attached hydrogen (secondary N) is 1. The molecule has 33 heavy (non-hydrogen) atoms. The summed E-state index contributed by atoms with van der Waals surface area (Å²) in [6, 6.07) is 12.2. The largest absolute Gasteiger partial charge is 0.362 e. The fraction of sp³-hybridized carbons (Fsp3) is 0.200. The second-order valence-electron chi connectivity index (χ2n) is 8.14. The Morgan fingerprint density at radius 2 is 1.70 bits per heavy atom. The van der Waals surface area contributed by atoms with E-state index in [1.165, 1.54) is 0 Å². The predicted octanol–water partition coefficient (Wildman–Crippen LogP) is 4.85. The monoisotopic (exact) mass is 436 g/mol. The average Bonchev–Trinajstić information content (AvgIpc) is 3.28. The minimum atomic E-state index is 0.227. The van der Waals surface area contributed by atoms with Crippen LogP contribution in [-0.2, 0) is 6.54 Å². The quantitative estimate of drug-likeness (QED) is 0.407. The van der Waals surface area contributed by atoms with Crippen molar-refractivity contribution in [1.29, 1.82) is 0 Å². The van der Waals surface area contributed by atoms with Gasteiger partial charge in [0, 0.05) is 53.2 Å². The van der Waals surface area contributed by atoms with E-state index in [2.05, 4.69) is 51.2 Å². The number of rotatable bonds is 6. The molecule has 0 aliphatic rings. The first-order chi connectivity index (χ1) is 16.1. The molecule has 0 bridgehead atoms. The fourth-order valence-electron chi connectivity index (χ4n) is 3.55. The van der Waals surface area contributed by atoms with Crippen LogP contribution < -0.4 is 5.32 Å². The van der Waals surface area contributed by atoms with Gasteiger partial charge in [0.1, 0.15) is 5.52 Å². The molecule has 5 rings (SSSR count). The van der Waals surface area contributed by atoms with Crippen LogP contribution in [0.4, 0.5) is 5.82 Å². The molecule has 0 saturated heterocycles. The number of aryl methyl sites for hydroxylation is 1. The van der Waals surface area contributed by atoms with Gasteiger partial charge in [0.05, 0.1) is 18.6 Å². The van der Waals surface area contributed by atoms with Crippen LogP contribution in [0.3, 0.4) is 0 Å². The SMILES string of the molecule is Cc1ccc(-c2ccc(CNc3nc(-c4cccnc4)nc4c3ncn4C(C)C)nc2)cn1. The summed E-state index contributed by atoms with van der Waals surface area (Å²) in [5.41, 5.74) is 6.35. The Labute approximate surface area is 191 Å². The zero-order valence-corrected chi connectivity index (χ0v) is 18.8. The first-order valence-corrected chi connectivity index (χ1v) is 10.9. The van der Waals surface area contributed by atoms with Crippen molar-refractivity contribution in [2.75, 3.05) is 5.32 Å². The lowest BCUT2D eigenvalue weighted by atomic mass is 10.1. The molecule has 0 fully saturated rings. The van der Waals surface area contributed by atoms with Crippen LogP contribution in [0.25, 0.3) is 33.7 Å². The highest BCUT2D eigenvalue weighted by molar-refractivity contribution is 5.85. The Morgan fingerprint density at radius 1 is 0.879 bits per heavy atom. The van der Waals surface area contributed by atoms with E-state index in [0.29, 0.717) is 18.2 Å². The van der Waals surface area contributed by atoms with E-state index in [9.17, 15) is 0 Å². The van der Waals surface area contributed by atoms with Crippen molar-refractivity contribution in [1.82, 2.24) is 34.5 Å². The molecule has 5 heterocycles. The molecule has 0 aromatic carbocycles. The Kier molecular flexibility index (Phi) is 5.48. The van der Waals surface area contributed by atoms with Gasteiger partial charge in [-0.2, -0.15) is 0 Å². The minimum absolute atomic E-state index is 0.227. The molecule has 0 amide bonds. The average molecular weight is 437 g/mol. The second-order valence-corrected chi connectivity index (χ2v) is 8.14. The molecule has 0 saturated carbocycles. The van der Waals surface area contributed by atoms with Crippen molar-refractivity contribution >= 4 is 17.0 Å². The highest BCUT2D eigenvalue weighted by Gasteiger charge is 2.16. The molecule has 1 N–H and O–H groups in total. The topological polar surface area (TPSA) is 94.3 Å². The molecule has 0 unspecified atom stereocenters. The van der Waals surface area contributed by atoms with Gasteiger partial charge < -0.3 is 9.88 Å². The maximum atomic E-state index is 4.78. The lowest BCUT2D eigenvalue weighted by Crippen LogP contribution is -2.07. The van der Waals surface area contributed by atoms with Gasteiger partial charge in [-0.25, -0.2) is 15.0 Å². The van der Waals surface area contributed by atoms with Crippen LogP contribution in [0.5, 0.6) is 0 Å². The summed E-state index contributed by atoms with van der Waals surface area (Å²) in [5, 5.41) is 3.41. The Balaban J connectivity index is 1.44. The van der Waals surface area contributed by atoms with Gasteiger partial charge in [-0.15, -0.1) is 0 Å². The fourth-order valence-corrected chi connectivity index (χ4v) is 3.55. The number of hydrogen-bond donors (Lipinski definition) is 1. The van der Waals surface area contributed by atoms with Gasteiger partial charge in [0.2, 0.25) is 0 Å². The highest BCUT2D eigenvalue weighted by atomic mass is 15.2. The number of fused-ring (bicyclic) bond motifs is 1. The van der Waals surface area contributed by atoms with E-state index in [-0.39, 0.29) is 6.04 Å². The van der Waals surface area contributed by atoms with Gasteiger partial charge >= 0.3 is 0 Å². The van der Waals surface area contributed by atoms with E-state index in [4.69, 9.17) is 9.97 Å². The zero-order chi connectivity index (χ0) is 22.8. The maximum Gasteiger partial charge on any atom is 0.166 e. The molecule has 5 aromatic rings. The molecule has 0 spiro atoms. The predicted molar refractivity (Wildman–Crippen MR) is 128 cm³/mol. The van der Waals surface area contributed by atoms with Crippen LogP contribution in [0, 0.1) is 6.92 Å². The molecule has 8 heteroatoms. The van der Waals surface area contributed by atoms with Crippen molar-refractivity contribution in [2.45, 2.75) is 33.4 Å². The number of anilines is 1. The summed E-state index contributed by atoms with van der Waals surface area (Å²) in [4.78, 5) is 27.3. The van der Waals surface area contributed by atoms with Crippen molar-refractivity contribution in [3.05, 3.63) is 78.9 Å². The van der Waals surface area contributed by atoms with Crippen LogP contribution in [-0.4, -0.2) is 34.5 Å². The molecular formula is C25H24N8. The molecular weight excluding hydrogens is 412 g/mol. The molecule has 8 nitrogen and oxygen atoms in total. The minimum Gasteiger partial charge on any atom is -0.362 e. The summed E-state index contributed by atoms with van der Waals surface area (Å²) in [6.07, 6.45) is 9.05. The molecule has 5 aromatic heterocycles. The van der Waals surface area contributed by atoms with Crippen LogP contribution >= 0.6 is 0 Å². The first-order valence-electron chi connectivity index (χ1n) is 10.9. The zero-order valence-electron chi connectivity index (χ0n) is 18.8. The smallest absolute Gasteiger partial charge is 0.166 e. The van der Waals surface area contributed by atoms with Gasteiger partial charge in [-0.05, 0) is 45.0 Å². The van der Waals surface area contributed by atoms with Crippen LogP contribution in [0.2, 0.25) is 0 Å². The van der Waals surface area contributed by atoms with Gasteiger partial charge in [-0.1, -0.05) is 12.1 Å². The molecule has 0 atom stereocenters. The summed E-state index contributed by atoms with van der Waals surface area (Å²) < 4.78 is 2.05. The van der Waals surface area contributed by atoms with Crippen molar-refractivity contribution in [3.63, 3.8) is 0 Å². The second kappa shape index (κ2) is 8.74. The van der Waals surface area contributed by atoms with E-state index in [1.54, 1.807) is 12.4 Å². The van der Waals surface area contributed by atoms with Gasteiger partial charge in [0.15, 0.2) is 17.3 Å². The van der Waals surface area contributed by atoms with Crippen molar-refractivity contribution < 1.29 is 0 Å². The summed E-state index contributed by atoms with van der Waals surface area (Å²) in [5.74, 6) is 1.28. The Bertz CT molecular complexity index is 1370. The molecule has 0 aliphatic heterocycles. The maximum absolute atomic E-state index is 4.78. The van der Waals surface area contributed by atoms with Gasteiger partial charge in [0.25, 0.3) is 0 Å². The van der Waals surface area contributed by atoms with Crippen molar-refractivity contribution in [2.24, 2.45) is 0 Å². The molecule has 0 radical (unpaired) electrons. The Hall–Kier alpha value is -4.20. The Morgan fingerprint density at radius 3 is 2.36 bits per heavy atom. The number of hydrogen-bond acceptors (Lipinski definition) is 7. The lowest BCUT2D eigenvalue weighted by Gasteiger charge is -2.11. The summed E-state index contributed by atoms with van der Waals surface area (Å²) >= 11 is 0. The third kappa shape index (κ3) is 4.27. The van der Waals surface area contributed by atoms with E-state index < -0.39 is 0 Å². The normalized spacial score (nSPS) is 11.3. The number of pyridine rings is 3. The summed E-state index contributed by atoms with van der Waals surface area (Å²) in [7, 11) is 0. The van der Waals surface area contributed by atoms with Crippen molar-refractivity contribution in [3.8, 4) is 22.5 Å².